The molecule has 2 rings (SSSR count). The van der Waals surface area contributed by atoms with Gasteiger partial charge in [0, 0.05) is 11.9 Å². The highest BCUT2D eigenvalue weighted by atomic mass is 32.1. The second-order valence-electron chi connectivity index (χ2n) is 4.30. The molecule has 1 fully saturated rings. The third-order valence-corrected chi connectivity index (χ3v) is 3.61. The molecule has 1 aliphatic carbocycles. The van der Waals surface area contributed by atoms with E-state index in [0.29, 0.717) is 5.92 Å². The molecule has 1 aliphatic rings. The summed E-state index contributed by atoms with van der Waals surface area (Å²) in [5, 5.41) is 15.0. The van der Waals surface area contributed by atoms with Crippen LogP contribution in [0.1, 0.15) is 31.4 Å². The van der Waals surface area contributed by atoms with Gasteiger partial charge in [-0.3, -0.25) is 0 Å². The van der Waals surface area contributed by atoms with Crippen LogP contribution >= 0.6 is 11.3 Å². The lowest BCUT2D eigenvalue weighted by Crippen LogP contribution is -2.28. The Labute approximate surface area is 94.5 Å². The van der Waals surface area contributed by atoms with Crippen LogP contribution < -0.4 is 5.32 Å². The van der Waals surface area contributed by atoms with Gasteiger partial charge in [0.15, 0.2) is 0 Å². The van der Waals surface area contributed by atoms with Crippen molar-refractivity contribution >= 4 is 11.3 Å². The van der Waals surface area contributed by atoms with Gasteiger partial charge < -0.3 is 10.4 Å². The number of aliphatic hydroxyl groups excluding tert-OH is 1. The number of aromatic nitrogens is 1. The third-order valence-electron chi connectivity index (χ3n) is 2.98. The fraction of sp³-hybridized carbons (Fsp3) is 0.727. The topological polar surface area (TPSA) is 45.1 Å². The number of hydrogen-bond donors (Lipinski definition) is 2. The monoisotopic (exact) mass is 226 g/mol. The molecule has 4 heteroatoms. The average molecular weight is 226 g/mol. The molecule has 3 nitrogen and oxygen atoms in total. The standard InChI is InChI=1S/C11H18N2OS/c14-11-3-1-2-9(4-11)5-12-6-10-7-15-8-13-10/h7-9,11-12,14H,1-6H2. The lowest BCUT2D eigenvalue weighted by molar-refractivity contribution is 0.101. The molecule has 2 unspecified atom stereocenters. The number of thiazole rings is 1. The lowest BCUT2D eigenvalue weighted by Gasteiger charge is -2.25. The van der Waals surface area contributed by atoms with Crippen molar-refractivity contribution in [2.75, 3.05) is 6.54 Å². The molecule has 0 aromatic carbocycles. The van der Waals surface area contributed by atoms with Gasteiger partial charge in [-0.05, 0) is 31.7 Å². The SMILES string of the molecule is OC1CCCC(CNCc2cscn2)C1. The highest BCUT2D eigenvalue weighted by molar-refractivity contribution is 7.07. The molecule has 0 spiro atoms. The molecule has 1 heterocycles. The molecule has 84 valence electrons. The zero-order chi connectivity index (χ0) is 10.5. The van der Waals surface area contributed by atoms with E-state index in [1.165, 1.54) is 12.8 Å². The minimum absolute atomic E-state index is 0.0650. The van der Waals surface area contributed by atoms with E-state index in [0.717, 1.165) is 31.6 Å². The van der Waals surface area contributed by atoms with E-state index in [4.69, 9.17) is 0 Å². The van der Waals surface area contributed by atoms with Gasteiger partial charge in [0.1, 0.15) is 0 Å². The van der Waals surface area contributed by atoms with Gasteiger partial charge in [-0.2, -0.15) is 0 Å². The Morgan fingerprint density at radius 3 is 3.20 bits per heavy atom. The van der Waals surface area contributed by atoms with E-state index in [2.05, 4.69) is 15.7 Å². The second-order valence-corrected chi connectivity index (χ2v) is 5.02. The van der Waals surface area contributed by atoms with Crippen molar-refractivity contribution < 1.29 is 5.11 Å². The first-order valence-corrected chi connectivity index (χ1v) is 6.54. The zero-order valence-electron chi connectivity index (χ0n) is 8.85. The Balaban J connectivity index is 1.65. The molecule has 2 N–H and O–H groups in total. The van der Waals surface area contributed by atoms with Crippen LogP contribution in [0.4, 0.5) is 0 Å². The van der Waals surface area contributed by atoms with Crippen molar-refractivity contribution in [3.8, 4) is 0 Å². The Kier molecular flexibility index (Phi) is 4.11. The predicted octanol–water partition coefficient (Wildman–Crippen LogP) is 1.78. The van der Waals surface area contributed by atoms with E-state index in [-0.39, 0.29) is 6.10 Å². The fourth-order valence-corrected chi connectivity index (χ4v) is 2.74. The molecule has 2 atom stereocenters. The molecule has 0 radical (unpaired) electrons. The summed E-state index contributed by atoms with van der Waals surface area (Å²) < 4.78 is 0. The molecular formula is C11H18N2OS. The maximum atomic E-state index is 9.52. The summed E-state index contributed by atoms with van der Waals surface area (Å²) >= 11 is 1.63. The Morgan fingerprint density at radius 1 is 1.53 bits per heavy atom. The van der Waals surface area contributed by atoms with E-state index in [9.17, 15) is 5.11 Å². The average Bonchev–Trinajstić information content (AvgIpc) is 2.71. The number of rotatable bonds is 4. The molecule has 0 amide bonds. The maximum Gasteiger partial charge on any atom is 0.0795 e. The van der Waals surface area contributed by atoms with Gasteiger partial charge in [0.25, 0.3) is 0 Å². The van der Waals surface area contributed by atoms with Crippen molar-refractivity contribution in [3.63, 3.8) is 0 Å². The van der Waals surface area contributed by atoms with Gasteiger partial charge in [-0.25, -0.2) is 4.98 Å². The summed E-state index contributed by atoms with van der Waals surface area (Å²) in [5.74, 6) is 0.646. The normalized spacial score (nSPS) is 26.7. The van der Waals surface area contributed by atoms with Gasteiger partial charge in [0.05, 0.1) is 17.3 Å². The van der Waals surface area contributed by atoms with Gasteiger partial charge in [-0.1, -0.05) is 6.42 Å². The summed E-state index contributed by atoms with van der Waals surface area (Å²) in [6, 6.07) is 0. The third kappa shape index (κ3) is 3.55. The number of nitrogens with zero attached hydrogens (tertiary/aromatic N) is 1. The fourth-order valence-electron chi connectivity index (χ4n) is 2.18. The van der Waals surface area contributed by atoms with Crippen LogP contribution in [0, 0.1) is 5.92 Å². The van der Waals surface area contributed by atoms with Crippen LogP contribution in [0.5, 0.6) is 0 Å². The summed E-state index contributed by atoms with van der Waals surface area (Å²) in [5.41, 5.74) is 2.98. The van der Waals surface area contributed by atoms with Crippen LogP contribution in [-0.4, -0.2) is 22.7 Å². The highest BCUT2D eigenvalue weighted by Gasteiger charge is 2.19. The molecule has 0 aliphatic heterocycles. The first-order valence-electron chi connectivity index (χ1n) is 5.60. The molecule has 0 bridgehead atoms. The van der Waals surface area contributed by atoms with Crippen LogP contribution in [0.25, 0.3) is 0 Å². The molecular weight excluding hydrogens is 208 g/mol. The minimum atomic E-state index is -0.0650. The molecule has 0 saturated heterocycles. The quantitative estimate of drug-likeness (QED) is 0.822. The van der Waals surface area contributed by atoms with Crippen LogP contribution in [-0.2, 0) is 6.54 Å². The number of hydrogen-bond acceptors (Lipinski definition) is 4. The van der Waals surface area contributed by atoms with Crippen LogP contribution in [0.15, 0.2) is 10.9 Å². The summed E-state index contributed by atoms with van der Waals surface area (Å²) in [6.07, 6.45) is 4.31. The predicted molar refractivity (Wildman–Crippen MR) is 61.8 cm³/mol. The molecule has 1 aromatic heterocycles. The Hall–Kier alpha value is -0.450. The van der Waals surface area contributed by atoms with Crippen molar-refractivity contribution in [1.82, 2.24) is 10.3 Å². The largest absolute Gasteiger partial charge is 0.393 e. The highest BCUT2D eigenvalue weighted by Crippen LogP contribution is 2.23. The molecule has 1 aromatic rings. The summed E-state index contributed by atoms with van der Waals surface area (Å²) in [4.78, 5) is 4.22. The Morgan fingerprint density at radius 2 is 2.47 bits per heavy atom. The van der Waals surface area contributed by atoms with Gasteiger partial charge >= 0.3 is 0 Å². The van der Waals surface area contributed by atoms with Crippen molar-refractivity contribution in [1.29, 1.82) is 0 Å². The van der Waals surface area contributed by atoms with E-state index in [1.54, 1.807) is 11.3 Å². The van der Waals surface area contributed by atoms with Crippen molar-refractivity contribution in [2.24, 2.45) is 5.92 Å². The van der Waals surface area contributed by atoms with E-state index >= 15 is 0 Å². The summed E-state index contributed by atoms with van der Waals surface area (Å²) in [6.45, 7) is 1.87. The lowest BCUT2D eigenvalue weighted by atomic mass is 9.87. The first kappa shape index (κ1) is 11.0. The van der Waals surface area contributed by atoms with E-state index in [1.807, 2.05) is 5.51 Å². The van der Waals surface area contributed by atoms with Crippen molar-refractivity contribution in [3.05, 3.63) is 16.6 Å². The minimum Gasteiger partial charge on any atom is -0.393 e. The maximum absolute atomic E-state index is 9.52. The molecule has 1 saturated carbocycles. The zero-order valence-corrected chi connectivity index (χ0v) is 9.67. The Bertz CT molecular complexity index is 276. The van der Waals surface area contributed by atoms with Gasteiger partial charge in [0.2, 0.25) is 0 Å². The summed E-state index contributed by atoms with van der Waals surface area (Å²) in [7, 11) is 0. The van der Waals surface area contributed by atoms with Crippen molar-refractivity contribution in [2.45, 2.75) is 38.3 Å². The second kappa shape index (κ2) is 5.58. The smallest absolute Gasteiger partial charge is 0.0795 e. The molecule has 15 heavy (non-hydrogen) atoms. The van der Waals surface area contributed by atoms with Crippen LogP contribution in [0.2, 0.25) is 0 Å². The number of aliphatic hydroxyl groups is 1. The number of nitrogens with one attached hydrogen (secondary N) is 1. The van der Waals surface area contributed by atoms with Gasteiger partial charge in [-0.15, -0.1) is 11.3 Å². The van der Waals surface area contributed by atoms with Crippen LogP contribution in [0.3, 0.4) is 0 Å². The van der Waals surface area contributed by atoms with E-state index < -0.39 is 0 Å². The first-order chi connectivity index (χ1) is 7.34.